The van der Waals surface area contributed by atoms with Crippen LogP contribution in [0.1, 0.15) is 22.3 Å². The van der Waals surface area contributed by atoms with Crippen molar-refractivity contribution in [3.63, 3.8) is 0 Å². The zero-order valence-electron chi connectivity index (χ0n) is 18.4. The topological polar surface area (TPSA) is 49.0 Å². The third kappa shape index (κ3) is 5.38. The number of benzene rings is 3. The van der Waals surface area contributed by atoms with Crippen molar-refractivity contribution in [1.29, 1.82) is 0 Å². The van der Waals surface area contributed by atoms with E-state index in [1.807, 2.05) is 12.1 Å². The number of anilines is 2. The largest absolute Gasteiger partial charge is 0.380 e. The fraction of sp³-hybridized carbons (Fsp3) is 0.222. The van der Waals surface area contributed by atoms with Gasteiger partial charge in [-0.25, -0.2) is 4.98 Å². The lowest BCUT2D eigenvalue weighted by Gasteiger charge is -2.16. The molecule has 3 N–H and O–H groups in total. The molecule has 5 rings (SSSR count). The van der Waals surface area contributed by atoms with E-state index < -0.39 is 0 Å². The number of nitrogens with one attached hydrogen (secondary N) is 3. The molecule has 168 valence electrons. The lowest BCUT2D eigenvalue weighted by atomic mass is 10.0. The molecule has 0 atom stereocenters. The molecule has 1 aliphatic rings. The van der Waals surface area contributed by atoms with E-state index >= 15 is 0 Å². The van der Waals surface area contributed by atoms with Gasteiger partial charge >= 0.3 is 0 Å². The Bertz CT molecular complexity index is 1200. The van der Waals surface area contributed by atoms with Gasteiger partial charge in [0.25, 0.3) is 0 Å². The second-order valence-corrected chi connectivity index (χ2v) is 9.50. The highest BCUT2D eigenvalue weighted by Gasteiger charge is 2.14. The van der Waals surface area contributed by atoms with E-state index in [1.54, 1.807) is 11.3 Å². The Morgan fingerprint density at radius 3 is 2.45 bits per heavy atom. The first-order chi connectivity index (χ1) is 16.3. The van der Waals surface area contributed by atoms with E-state index in [2.05, 4.69) is 75.9 Å². The van der Waals surface area contributed by atoms with Crippen LogP contribution < -0.4 is 16.0 Å². The summed E-state index contributed by atoms with van der Waals surface area (Å²) in [6.45, 7) is 3.53. The van der Waals surface area contributed by atoms with E-state index in [9.17, 15) is 0 Å². The summed E-state index contributed by atoms with van der Waals surface area (Å²) in [7, 11) is 0. The normalized spacial score (nSPS) is 13.2. The van der Waals surface area contributed by atoms with Crippen LogP contribution in [0.25, 0.3) is 11.3 Å². The number of hydrogen-bond acceptors (Lipinski definition) is 5. The van der Waals surface area contributed by atoms with Crippen molar-refractivity contribution in [3.05, 3.63) is 99.4 Å². The van der Waals surface area contributed by atoms with Gasteiger partial charge in [0, 0.05) is 24.0 Å². The van der Waals surface area contributed by atoms with Gasteiger partial charge in [0.15, 0.2) is 5.13 Å². The first-order valence-corrected chi connectivity index (χ1v) is 12.6. The predicted molar refractivity (Wildman–Crippen MR) is 140 cm³/mol. The molecule has 4 aromatic rings. The summed E-state index contributed by atoms with van der Waals surface area (Å²) >= 11 is 8.19. The molecule has 1 aliphatic heterocycles. The Morgan fingerprint density at radius 1 is 0.848 bits per heavy atom. The average molecular weight is 475 g/mol. The van der Waals surface area contributed by atoms with Crippen molar-refractivity contribution in [2.75, 3.05) is 23.7 Å². The number of aromatic nitrogens is 1. The fourth-order valence-electron chi connectivity index (χ4n) is 4.18. The molecule has 0 fully saturated rings. The lowest BCUT2D eigenvalue weighted by Crippen LogP contribution is -2.16. The molecule has 6 heteroatoms. The van der Waals surface area contributed by atoms with Crippen molar-refractivity contribution < 1.29 is 0 Å². The quantitative estimate of drug-likeness (QED) is 0.291. The minimum Gasteiger partial charge on any atom is -0.380 e. The second kappa shape index (κ2) is 10.4. The van der Waals surface area contributed by atoms with Crippen molar-refractivity contribution in [1.82, 2.24) is 10.3 Å². The van der Waals surface area contributed by atoms with Crippen molar-refractivity contribution in [3.8, 4) is 11.3 Å². The van der Waals surface area contributed by atoms with E-state index in [4.69, 9.17) is 16.6 Å². The third-order valence-corrected chi connectivity index (χ3v) is 7.11. The maximum Gasteiger partial charge on any atom is 0.183 e. The standard InChI is InChI=1S/C27H27ClN4S/c28-24-11-10-21-12-14-29-15-13-23(21)26(24)30-16-20-6-8-22(9-7-20)25-18-33-27(32-25)31-17-19-4-2-1-3-5-19/h1-11,18,29-30H,12-17H2,(H,31,32). The lowest BCUT2D eigenvalue weighted by molar-refractivity contribution is 0.711. The smallest absolute Gasteiger partial charge is 0.183 e. The summed E-state index contributed by atoms with van der Waals surface area (Å²) in [5.41, 5.74) is 8.41. The summed E-state index contributed by atoms with van der Waals surface area (Å²) in [6, 6.07) is 23.2. The summed E-state index contributed by atoms with van der Waals surface area (Å²) in [4.78, 5) is 4.76. The Morgan fingerprint density at radius 2 is 1.61 bits per heavy atom. The van der Waals surface area contributed by atoms with E-state index in [-0.39, 0.29) is 0 Å². The number of halogens is 1. The van der Waals surface area contributed by atoms with Gasteiger partial charge in [-0.15, -0.1) is 11.3 Å². The van der Waals surface area contributed by atoms with Crippen LogP contribution >= 0.6 is 22.9 Å². The average Bonchev–Trinajstić information content (AvgIpc) is 3.20. The molecule has 0 saturated carbocycles. The number of thiazole rings is 1. The zero-order chi connectivity index (χ0) is 22.5. The van der Waals surface area contributed by atoms with Gasteiger partial charge < -0.3 is 16.0 Å². The second-order valence-electron chi connectivity index (χ2n) is 8.24. The number of rotatable bonds is 7. The minimum atomic E-state index is 0.741. The maximum atomic E-state index is 6.56. The highest BCUT2D eigenvalue weighted by Crippen LogP contribution is 2.31. The molecular formula is C27H27ClN4S. The first kappa shape index (κ1) is 22.0. The van der Waals surface area contributed by atoms with Gasteiger partial charge in [-0.2, -0.15) is 0 Å². The summed E-state index contributed by atoms with van der Waals surface area (Å²) in [5, 5.41) is 14.3. The van der Waals surface area contributed by atoms with E-state index in [1.165, 1.54) is 22.3 Å². The Balaban J connectivity index is 1.23. The number of hydrogen-bond donors (Lipinski definition) is 3. The van der Waals surface area contributed by atoms with Gasteiger partial charge in [-0.05, 0) is 54.3 Å². The first-order valence-electron chi connectivity index (χ1n) is 11.3. The van der Waals surface area contributed by atoms with Crippen LogP contribution in [0.3, 0.4) is 0 Å². The molecule has 0 saturated heterocycles. The molecule has 4 nitrogen and oxygen atoms in total. The Kier molecular flexibility index (Phi) is 6.91. The Labute approximate surface area is 204 Å². The monoisotopic (exact) mass is 474 g/mol. The van der Waals surface area contributed by atoms with Crippen LogP contribution in [0.4, 0.5) is 10.8 Å². The molecule has 3 aromatic carbocycles. The number of nitrogens with zero attached hydrogens (tertiary/aromatic N) is 1. The van der Waals surface area contributed by atoms with Gasteiger partial charge in [-0.1, -0.05) is 72.3 Å². The fourth-order valence-corrected chi connectivity index (χ4v) is 5.14. The maximum absolute atomic E-state index is 6.56. The summed E-state index contributed by atoms with van der Waals surface area (Å²) in [5.74, 6) is 0. The van der Waals surface area contributed by atoms with E-state index in [0.717, 1.165) is 66.1 Å². The highest BCUT2D eigenvalue weighted by atomic mass is 35.5. The molecular weight excluding hydrogens is 448 g/mol. The van der Waals surface area contributed by atoms with Gasteiger partial charge in [-0.3, -0.25) is 0 Å². The van der Waals surface area contributed by atoms with Gasteiger partial charge in [0.05, 0.1) is 16.4 Å². The molecule has 1 aromatic heterocycles. The minimum absolute atomic E-state index is 0.741. The molecule has 0 aliphatic carbocycles. The molecule has 0 bridgehead atoms. The van der Waals surface area contributed by atoms with Crippen LogP contribution in [0, 0.1) is 0 Å². The molecule has 33 heavy (non-hydrogen) atoms. The molecule has 0 spiro atoms. The van der Waals surface area contributed by atoms with Crippen LogP contribution in [0.2, 0.25) is 5.02 Å². The van der Waals surface area contributed by atoms with Crippen molar-refractivity contribution in [2.24, 2.45) is 0 Å². The van der Waals surface area contributed by atoms with Crippen LogP contribution in [0.5, 0.6) is 0 Å². The van der Waals surface area contributed by atoms with Gasteiger partial charge in [0.1, 0.15) is 0 Å². The third-order valence-electron chi connectivity index (χ3n) is 5.99. The molecule has 2 heterocycles. The molecule has 0 radical (unpaired) electrons. The van der Waals surface area contributed by atoms with Crippen LogP contribution in [0.15, 0.2) is 72.1 Å². The predicted octanol–water partition coefficient (Wildman–Crippen LogP) is 6.38. The summed E-state index contributed by atoms with van der Waals surface area (Å²) < 4.78 is 0. The Hall–Kier alpha value is -2.86. The van der Waals surface area contributed by atoms with E-state index in [0.29, 0.717) is 0 Å². The van der Waals surface area contributed by atoms with Crippen molar-refractivity contribution in [2.45, 2.75) is 25.9 Å². The summed E-state index contributed by atoms with van der Waals surface area (Å²) in [6.07, 6.45) is 2.05. The zero-order valence-corrected chi connectivity index (χ0v) is 20.0. The highest BCUT2D eigenvalue weighted by molar-refractivity contribution is 7.14. The number of fused-ring (bicyclic) bond motifs is 1. The van der Waals surface area contributed by atoms with Crippen LogP contribution in [-0.2, 0) is 25.9 Å². The van der Waals surface area contributed by atoms with Crippen molar-refractivity contribution >= 4 is 33.8 Å². The SMILES string of the molecule is Clc1ccc2c(c1NCc1ccc(-c3csc(NCc4ccccc4)n3)cc1)CCNCC2. The van der Waals surface area contributed by atoms with Crippen LogP contribution in [-0.4, -0.2) is 18.1 Å². The molecule has 0 amide bonds. The molecule has 0 unspecified atom stereocenters. The van der Waals surface area contributed by atoms with Gasteiger partial charge in [0.2, 0.25) is 0 Å².